The zero-order chi connectivity index (χ0) is 29.8. The Labute approximate surface area is 225 Å². The number of hydrogen-bond acceptors (Lipinski definition) is 14. The lowest BCUT2D eigenvalue weighted by atomic mass is 9.96. The maximum atomic E-state index is 12.2. The fourth-order valence-electron chi connectivity index (χ4n) is 4.09. The summed E-state index contributed by atoms with van der Waals surface area (Å²) in [5, 5.41) is 25.3. The number of phosphoric ester groups is 1. The molecule has 1 saturated heterocycles. The number of nitrogens with zero attached hydrogens (tertiary/aromatic N) is 7. The molecule has 6 atom stereocenters. The smallest absolute Gasteiger partial charge is 0.387 e. The summed E-state index contributed by atoms with van der Waals surface area (Å²) in [6.45, 7) is -0.704. The molecule has 2 aromatic heterocycles. The predicted molar refractivity (Wildman–Crippen MR) is 132 cm³/mol. The lowest BCUT2D eigenvalue weighted by molar-refractivity contribution is -0.150. The van der Waals surface area contributed by atoms with Crippen LogP contribution >= 0.6 is 23.5 Å². The highest BCUT2D eigenvalue weighted by Crippen LogP contribution is 2.66. The lowest BCUT2D eigenvalue weighted by Gasteiger charge is -2.34. The number of unbranched alkanes of at least 4 members (excludes halogenated alkanes) is 3. The molecule has 1 aliphatic rings. The summed E-state index contributed by atoms with van der Waals surface area (Å²) in [5.74, 6) is 0.0224. The summed E-state index contributed by atoms with van der Waals surface area (Å²) in [4.78, 5) is 51.2. The van der Waals surface area contributed by atoms with E-state index in [0.29, 0.717) is 32.2 Å². The number of ether oxygens (including phenoxy) is 1. The Bertz CT molecular complexity index is 1380. The predicted octanol–water partition coefficient (Wildman–Crippen LogP) is 0.786. The van der Waals surface area contributed by atoms with Gasteiger partial charge in [0.15, 0.2) is 17.2 Å². The van der Waals surface area contributed by atoms with Crippen molar-refractivity contribution in [3.05, 3.63) is 23.1 Å². The van der Waals surface area contributed by atoms with Crippen LogP contribution in [0.2, 0.25) is 0 Å². The standard InChI is InChI=1S/C16H27N8O13P3/c17-14-11-15(20-8-19-14)24(9-21-11)16(5-3-1-2-4-6-22-23-18)13(26)12(25)10(35-16)7-34-39(30,31)37-40(32,33)36-38(27,28)29/h8-10,12-13,25-26H,1-7H2,(H,30,31)(H,32,33)(H2,17,19,20)(H2,27,28,29)/t10-,12-,13-,16-/m1/s1. The Kier molecular flexibility index (Phi) is 10.4. The van der Waals surface area contributed by atoms with Crippen LogP contribution in [0.5, 0.6) is 0 Å². The molecule has 224 valence electrons. The minimum atomic E-state index is -5.77. The number of nitrogen functional groups attached to an aromatic ring is 1. The fraction of sp³-hybridized carbons (Fsp3) is 0.688. The van der Waals surface area contributed by atoms with Gasteiger partial charge in [-0.15, -0.1) is 0 Å². The van der Waals surface area contributed by atoms with Crippen molar-refractivity contribution in [3.63, 3.8) is 0 Å². The number of anilines is 1. The molecule has 0 amide bonds. The van der Waals surface area contributed by atoms with Crippen molar-refractivity contribution < 1.29 is 61.4 Å². The molecule has 24 heteroatoms. The molecule has 2 unspecified atom stereocenters. The Morgan fingerprint density at radius 3 is 2.45 bits per heavy atom. The molecular formula is C16H27N8O13P3. The number of rotatable bonds is 15. The Morgan fingerprint density at radius 2 is 1.77 bits per heavy atom. The van der Waals surface area contributed by atoms with Crippen molar-refractivity contribution in [1.29, 1.82) is 0 Å². The van der Waals surface area contributed by atoms with Crippen molar-refractivity contribution >= 4 is 40.4 Å². The van der Waals surface area contributed by atoms with Gasteiger partial charge in [0.25, 0.3) is 0 Å². The molecule has 3 heterocycles. The van der Waals surface area contributed by atoms with E-state index in [0.717, 1.165) is 6.33 Å². The van der Waals surface area contributed by atoms with Gasteiger partial charge < -0.3 is 40.3 Å². The van der Waals surface area contributed by atoms with E-state index in [1.54, 1.807) is 0 Å². The number of fused-ring (bicyclic) bond motifs is 1. The third-order valence-electron chi connectivity index (χ3n) is 5.72. The quantitative estimate of drug-likeness (QED) is 0.0469. The van der Waals surface area contributed by atoms with Gasteiger partial charge in [-0.2, -0.15) is 8.62 Å². The maximum Gasteiger partial charge on any atom is 0.490 e. The van der Waals surface area contributed by atoms with E-state index in [-0.39, 0.29) is 23.4 Å². The second-order valence-electron chi connectivity index (χ2n) is 8.49. The highest BCUT2D eigenvalue weighted by atomic mass is 31.3. The number of imidazole rings is 1. The minimum absolute atomic E-state index is 0.0224. The van der Waals surface area contributed by atoms with Crippen LogP contribution in [0.3, 0.4) is 0 Å². The molecule has 0 saturated carbocycles. The van der Waals surface area contributed by atoms with Gasteiger partial charge in [0, 0.05) is 11.5 Å². The fourth-order valence-corrected chi connectivity index (χ4v) is 7.12. The van der Waals surface area contributed by atoms with Gasteiger partial charge >= 0.3 is 23.5 Å². The third-order valence-corrected chi connectivity index (χ3v) is 9.52. The first-order chi connectivity index (χ1) is 18.6. The molecule has 0 aliphatic carbocycles. The monoisotopic (exact) mass is 632 g/mol. The highest BCUT2D eigenvalue weighted by Gasteiger charge is 2.56. The van der Waals surface area contributed by atoms with Gasteiger partial charge in [-0.05, 0) is 24.8 Å². The average molecular weight is 632 g/mol. The van der Waals surface area contributed by atoms with Crippen LogP contribution in [-0.2, 0) is 37.3 Å². The van der Waals surface area contributed by atoms with Crippen LogP contribution < -0.4 is 5.73 Å². The van der Waals surface area contributed by atoms with Crippen molar-refractivity contribution in [2.75, 3.05) is 18.9 Å². The Morgan fingerprint density at radius 1 is 1.07 bits per heavy atom. The van der Waals surface area contributed by atoms with Crippen molar-refractivity contribution in [2.24, 2.45) is 5.11 Å². The number of azide groups is 1. The molecule has 8 N–H and O–H groups in total. The van der Waals surface area contributed by atoms with Crippen LogP contribution in [0.25, 0.3) is 21.6 Å². The Hall–Kier alpha value is -2.05. The summed E-state index contributed by atoms with van der Waals surface area (Å²) < 4.78 is 53.7. The summed E-state index contributed by atoms with van der Waals surface area (Å²) in [7, 11) is -16.9. The number of aliphatic hydroxyl groups excluding tert-OH is 2. The third kappa shape index (κ3) is 8.03. The number of aliphatic hydroxyl groups is 2. The van der Waals surface area contributed by atoms with E-state index >= 15 is 0 Å². The largest absolute Gasteiger partial charge is 0.490 e. The van der Waals surface area contributed by atoms with Gasteiger partial charge in [0.1, 0.15) is 30.2 Å². The first kappa shape index (κ1) is 32.5. The van der Waals surface area contributed by atoms with E-state index in [4.69, 9.17) is 25.8 Å². The summed E-state index contributed by atoms with van der Waals surface area (Å²) in [6.07, 6.45) is -0.301. The van der Waals surface area contributed by atoms with Crippen LogP contribution in [0, 0.1) is 0 Å². The van der Waals surface area contributed by atoms with Gasteiger partial charge in [-0.1, -0.05) is 18.0 Å². The number of hydrogen-bond donors (Lipinski definition) is 7. The molecule has 1 fully saturated rings. The van der Waals surface area contributed by atoms with Crippen LogP contribution in [0.1, 0.15) is 32.1 Å². The number of aromatic nitrogens is 4. The molecule has 0 aromatic carbocycles. The second-order valence-corrected chi connectivity index (χ2v) is 12.9. The van der Waals surface area contributed by atoms with Gasteiger partial charge in [-0.3, -0.25) is 9.09 Å². The molecule has 40 heavy (non-hydrogen) atoms. The number of phosphoric acid groups is 3. The molecule has 2 aromatic rings. The second kappa shape index (κ2) is 12.9. The maximum absolute atomic E-state index is 12.2. The van der Waals surface area contributed by atoms with E-state index in [2.05, 4.69) is 38.1 Å². The van der Waals surface area contributed by atoms with Gasteiger partial charge in [0.05, 0.1) is 12.9 Å². The highest BCUT2D eigenvalue weighted by molar-refractivity contribution is 7.66. The normalized spacial score (nSPS) is 26.3. The molecule has 1 aliphatic heterocycles. The minimum Gasteiger partial charge on any atom is -0.387 e. The van der Waals surface area contributed by atoms with Crippen LogP contribution in [0.4, 0.5) is 5.82 Å². The van der Waals surface area contributed by atoms with E-state index in [1.165, 1.54) is 10.9 Å². The van der Waals surface area contributed by atoms with E-state index in [9.17, 15) is 33.7 Å². The SMILES string of the molecule is [N-]=[N+]=NCCCCCC[C@@]1(n2cnc3c(N)ncnc32)O[C@H](COP(=O)(O)OP(=O)(O)OP(=O)(O)O)[C@@H](O)[C@H]1O. The van der Waals surface area contributed by atoms with Gasteiger partial charge in [0.2, 0.25) is 0 Å². The summed E-state index contributed by atoms with van der Waals surface area (Å²) >= 11 is 0. The molecule has 0 spiro atoms. The number of nitrogens with two attached hydrogens (primary N) is 1. The van der Waals surface area contributed by atoms with Crippen molar-refractivity contribution in [2.45, 2.75) is 56.1 Å². The average Bonchev–Trinajstić information content (AvgIpc) is 3.37. The first-order valence-corrected chi connectivity index (χ1v) is 15.9. The summed E-state index contributed by atoms with van der Waals surface area (Å²) in [5.41, 5.74) is 12.8. The lowest BCUT2D eigenvalue weighted by Crippen LogP contribution is -2.45. The van der Waals surface area contributed by atoms with Crippen LogP contribution in [0.15, 0.2) is 17.8 Å². The van der Waals surface area contributed by atoms with Crippen molar-refractivity contribution in [3.8, 4) is 0 Å². The molecule has 21 nitrogen and oxygen atoms in total. The van der Waals surface area contributed by atoms with E-state index < -0.39 is 54.1 Å². The summed E-state index contributed by atoms with van der Waals surface area (Å²) in [6, 6.07) is 0. The van der Waals surface area contributed by atoms with Crippen LogP contribution in [-0.4, -0.2) is 80.8 Å². The first-order valence-electron chi connectivity index (χ1n) is 11.4. The Balaban J connectivity index is 1.81. The molecule has 3 rings (SSSR count). The topological polar surface area (TPSA) is 328 Å². The van der Waals surface area contributed by atoms with Gasteiger partial charge in [-0.25, -0.2) is 28.6 Å². The molecular weight excluding hydrogens is 605 g/mol. The zero-order valence-corrected chi connectivity index (χ0v) is 23.1. The van der Waals surface area contributed by atoms with Crippen molar-refractivity contribution in [1.82, 2.24) is 19.5 Å². The molecule has 0 bridgehead atoms. The zero-order valence-electron chi connectivity index (χ0n) is 20.4. The molecule has 0 radical (unpaired) electrons. The van der Waals surface area contributed by atoms with E-state index in [1.807, 2.05) is 0 Å².